The molecular formula is C31H46N2O6. The lowest BCUT2D eigenvalue weighted by Crippen LogP contribution is -2.46. The van der Waals surface area contributed by atoms with Gasteiger partial charge in [-0.3, -0.25) is 9.59 Å². The van der Waals surface area contributed by atoms with Gasteiger partial charge in [-0.05, 0) is 56.2 Å². The molecule has 0 fully saturated rings. The van der Waals surface area contributed by atoms with Gasteiger partial charge in [-0.15, -0.1) is 0 Å². The highest BCUT2D eigenvalue weighted by Gasteiger charge is 2.43. The molecule has 4 N–H and O–H groups in total. The minimum Gasteiger partial charge on any atom is -0.457 e. The number of ether oxygens (including phenoxy) is 1. The van der Waals surface area contributed by atoms with E-state index in [1.54, 1.807) is 19.9 Å². The number of aliphatic hydroxyl groups is 2. The SMILES string of the molecule is CCCCC1C(=O)C(C)(C)C(O)CC(=O)OC(c2ccc3oc(CN)nc3c2)C/C=C(\C)CCCC(C)C1O. The number of allylic oxidation sites excluding steroid dienone is 1. The molecule has 1 aliphatic heterocycles. The van der Waals surface area contributed by atoms with Crippen LogP contribution in [0.3, 0.4) is 0 Å². The lowest BCUT2D eigenvalue weighted by molar-refractivity contribution is -0.156. The Labute approximate surface area is 232 Å². The molecule has 39 heavy (non-hydrogen) atoms. The molecule has 0 aliphatic carbocycles. The summed E-state index contributed by atoms with van der Waals surface area (Å²) in [6.45, 7) is 9.59. The Kier molecular flexibility index (Phi) is 10.9. The average molecular weight is 543 g/mol. The lowest BCUT2D eigenvalue weighted by Gasteiger charge is -2.36. The molecule has 1 aromatic heterocycles. The van der Waals surface area contributed by atoms with E-state index in [-0.39, 0.29) is 24.7 Å². The van der Waals surface area contributed by atoms with Gasteiger partial charge in [0.2, 0.25) is 5.89 Å². The Bertz CT molecular complexity index is 1150. The number of rotatable bonds is 5. The van der Waals surface area contributed by atoms with Crippen molar-refractivity contribution in [2.24, 2.45) is 23.0 Å². The van der Waals surface area contributed by atoms with Gasteiger partial charge in [-0.2, -0.15) is 0 Å². The first-order valence-corrected chi connectivity index (χ1v) is 14.3. The lowest BCUT2D eigenvalue weighted by atomic mass is 9.71. The first kappa shape index (κ1) is 31.0. The molecule has 0 amide bonds. The molecule has 1 aliphatic rings. The molecule has 2 heterocycles. The first-order chi connectivity index (χ1) is 18.5. The van der Waals surface area contributed by atoms with Crippen molar-refractivity contribution in [3.63, 3.8) is 0 Å². The Morgan fingerprint density at radius 2 is 1.95 bits per heavy atom. The molecule has 5 unspecified atom stereocenters. The average Bonchev–Trinajstić information content (AvgIpc) is 3.32. The topological polar surface area (TPSA) is 136 Å². The van der Waals surface area contributed by atoms with Crippen LogP contribution in [0.25, 0.3) is 11.1 Å². The van der Waals surface area contributed by atoms with Crippen LogP contribution < -0.4 is 5.73 Å². The first-order valence-electron chi connectivity index (χ1n) is 14.3. The van der Waals surface area contributed by atoms with E-state index in [2.05, 4.69) is 24.9 Å². The second-order valence-corrected chi connectivity index (χ2v) is 11.7. The van der Waals surface area contributed by atoms with E-state index in [9.17, 15) is 19.8 Å². The van der Waals surface area contributed by atoms with Gasteiger partial charge in [0.25, 0.3) is 0 Å². The van der Waals surface area contributed by atoms with E-state index in [4.69, 9.17) is 14.9 Å². The number of Topliss-reactive ketones (excluding diaryl/α,β-unsaturated/α-hetero) is 1. The third-order valence-corrected chi connectivity index (χ3v) is 8.22. The molecule has 0 bridgehead atoms. The largest absolute Gasteiger partial charge is 0.457 e. The number of esters is 1. The fourth-order valence-corrected chi connectivity index (χ4v) is 5.36. The number of ketones is 1. The van der Waals surface area contributed by atoms with Gasteiger partial charge in [-0.1, -0.05) is 58.3 Å². The molecule has 0 saturated carbocycles. The molecule has 0 radical (unpaired) electrons. The third kappa shape index (κ3) is 7.77. The summed E-state index contributed by atoms with van der Waals surface area (Å²) in [5.74, 6) is -1.02. The van der Waals surface area contributed by atoms with E-state index in [1.807, 2.05) is 19.1 Å². The highest BCUT2D eigenvalue weighted by Crippen LogP contribution is 2.35. The summed E-state index contributed by atoms with van der Waals surface area (Å²) >= 11 is 0. The number of nitrogens with zero attached hydrogens (tertiary/aromatic N) is 1. The minimum atomic E-state index is -1.25. The van der Waals surface area contributed by atoms with Gasteiger partial charge in [0.15, 0.2) is 5.58 Å². The zero-order chi connectivity index (χ0) is 28.7. The summed E-state index contributed by atoms with van der Waals surface area (Å²) in [5.41, 5.74) is 7.61. The smallest absolute Gasteiger partial charge is 0.309 e. The van der Waals surface area contributed by atoms with Crippen molar-refractivity contribution < 1.29 is 29.0 Å². The number of oxazole rings is 1. The molecule has 2 aromatic rings. The highest BCUT2D eigenvalue weighted by atomic mass is 16.5. The van der Waals surface area contributed by atoms with Crippen LogP contribution in [0.4, 0.5) is 0 Å². The second kappa shape index (κ2) is 13.7. The van der Waals surface area contributed by atoms with Crippen LogP contribution in [0.1, 0.15) is 104 Å². The quantitative estimate of drug-likeness (QED) is 0.331. The number of fused-ring (bicyclic) bond motifs is 1. The highest BCUT2D eigenvalue weighted by molar-refractivity contribution is 5.88. The predicted octanol–water partition coefficient (Wildman–Crippen LogP) is 5.54. The number of carbonyl (C=O) groups excluding carboxylic acids is 2. The monoisotopic (exact) mass is 542 g/mol. The summed E-state index contributed by atoms with van der Waals surface area (Å²) in [4.78, 5) is 31.2. The molecular weight excluding hydrogens is 496 g/mol. The fraction of sp³-hybridized carbons (Fsp3) is 0.645. The second-order valence-electron chi connectivity index (χ2n) is 11.7. The van der Waals surface area contributed by atoms with Gasteiger partial charge in [0, 0.05) is 12.3 Å². The van der Waals surface area contributed by atoms with Gasteiger partial charge < -0.3 is 25.1 Å². The maximum absolute atomic E-state index is 13.7. The van der Waals surface area contributed by atoms with Crippen LogP contribution in [-0.2, 0) is 20.9 Å². The summed E-state index contributed by atoms with van der Waals surface area (Å²) in [6, 6.07) is 5.47. The van der Waals surface area contributed by atoms with Crippen LogP contribution >= 0.6 is 0 Å². The number of aliphatic hydroxyl groups excluding tert-OH is 2. The Hall–Kier alpha value is -2.55. The van der Waals surface area contributed by atoms with Crippen LogP contribution in [0.5, 0.6) is 0 Å². The fourth-order valence-electron chi connectivity index (χ4n) is 5.36. The summed E-state index contributed by atoms with van der Waals surface area (Å²) < 4.78 is 11.5. The van der Waals surface area contributed by atoms with Gasteiger partial charge in [0.1, 0.15) is 17.4 Å². The van der Waals surface area contributed by atoms with Crippen molar-refractivity contribution in [3.05, 3.63) is 41.3 Å². The van der Waals surface area contributed by atoms with Crippen LogP contribution in [0.15, 0.2) is 34.3 Å². The Balaban J connectivity index is 1.92. The van der Waals surface area contributed by atoms with E-state index in [1.165, 1.54) is 0 Å². The molecule has 8 nitrogen and oxygen atoms in total. The van der Waals surface area contributed by atoms with Crippen molar-refractivity contribution in [1.29, 1.82) is 0 Å². The molecule has 5 atom stereocenters. The van der Waals surface area contributed by atoms with Crippen molar-refractivity contribution in [2.45, 2.75) is 111 Å². The van der Waals surface area contributed by atoms with E-state index >= 15 is 0 Å². The van der Waals surface area contributed by atoms with Gasteiger partial charge >= 0.3 is 5.97 Å². The summed E-state index contributed by atoms with van der Waals surface area (Å²) in [5, 5.41) is 22.3. The van der Waals surface area contributed by atoms with E-state index in [0.29, 0.717) is 29.8 Å². The minimum absolute atomic E-state index is 0.0604. The molecule has 216 valence electrons. The van der Waals surface area contributed by atoms with Gasteiger partial charge in [-0.25, -0.2) is 4.98 Å². The molecule has 3 rings (SSSR count). The molecule has 0 saturated heterocycles. The molecule has 1 aromatic carbocycles. The summed E-state index contributed by atoms with van der Waals surface area (Å²) in [7, 11) is 0. The van der Waals surface area contributed by atoms with Crippen LogP contribution in [-0.4, -0.2) is 39.2 Å². The number of cyclic esters (lactones) is 1. The zero-order valence-corrected chi connectivity index (χ0v) is 24.1. The van der Waals surface area contributed by atoms with Crippen LogP contribution in [0, 0.1) is 17.3 Å². The number of benzene rings is 1. The van der Waals surface area contributed by atoms with Crippen molar-refractivity contribution >= 4 is 22.9 Å². The number of hydrogen-bond donors (Lipinski definition) is 3. The number of aromatic nitrogens is 1. The zero-order valence-electron chi connectivity index (χ0n) is 24.1. The number of unbranched alkanes of at least 4 members (excludes halogenated alkanes) is 1. The van der Waals surface area contributed by atoms with E-state index < -0.39 is 35.6 Å². The van der Waals surface area contributed by atoms with E-state index in [0.717, 1.165) is 43.2 Å². The Morgan fingerprint density at radius 1 is 1.21 bits per heavy atom. The van der Waals surface area contributed by atoms with Gasteiger partial charge in [0.05, 0.1) is 30.6 Å². The normalized spacial score (nSPS) is 29.1. The summed E-state index contributed by atoms with van der Waals surface area (Å²) in [6.07, 6.45) is 4.35. The van der Waals surface area contributed by atoms with Crippen molar-refractivity contribution in [2.75, 3.05) is 0 Å². The van der Waals surface area contributed by atoms with Crippen molar-refractivity contribution in [3.8, 4) is 0 Å². The predicted molar refractivity (Wildman–Crippen MR) is 151 cm³/mol. The molecule has 8 heteroatoms. The maximum Gasteiger partial charge on any atom is 0.309 e. The van der Waals surface area contributed by atoms with Crippen molar-refractivity contribution in [1.82, 2.24) is 4.98 Å². The van der Waals surface area contributed by atoms with Crippen LogP contribution in [0.2, 0.25) is 0 Å². The standard InChI is InChI=1S/C31H46N2O6/c1-6-7-11-22-29(36)20(3)10-8-9-19(2)12-14-24(39-28(35)17-26(34)31(4,5)30(22)37)21-13-15-25-23(16-21)33-27(18-32)38-25/h12-13,15-16,20,22,24,26,29,34,36H,6-11,14,17-18,32H2,1-5H3/b19-12+. The molecule has 0 spiro atoms. The number of carbonyl (C=O) groups is 2. The Morgan fingerprint density at radius 3 is 2.64 bits per heavy atom. The maximum atomic E-state index is 13.7. The number of nitrogens with two attached hydrogens (primary N) is 1. The third-order valence-electron chi connectivity index (χ3n) is 8.22. The number of hydrogen-bond acceptors (Lipinski definition) is 8.